The highest BCUT2D eigenvalue weighted by molar-refractivity contribution is 5.95. The molecule has 1 atom stereocenters. The summed E-state index contributed by atoms with van der Waals surface area (Å²) >= 11 is 0. The summed E-state index contributed by atoms with van der Waals surface area (Å²) in [5.74, 6) is 2.15. The van der Waals surface area contributed by atoms with E-state index in [2.05, 4.69) is 20.3 Å². The minimum absolute atomic E-state index is 0.0225. The molecule has 0 bridgehead atoms. The first kappa shape index (κ1) is 15.2. The zero-order valence-corrected chi connectivity index (χ0v) is 14.0. The highest BCUT2D eigenvalue weighted by Crippen LogP contribution is 2.39. The van der Waals surface area contributed by atoms with Crippen molar-refractivity contribution in [3.63, 3.8) is 0 Å². The van der Waals surface area contributed by atoms with Gasteiger partial charge in [0, 0.05) is 19.0 Å². The van der Waals surface area contributed by atoms with Crippen LogP contribution in [0.2, 0.25) is 0 Å². The second-order valence-electron chi connectivity index (χ2n) is 6.70. The van der Waals surface area contributed by atoms with Crippen molar-refractivity contribution < 1.29 is 9.32 Å². The van der Waals surface area contributed by atoms with Gasteiger partial charge in [-0.3, -0.25) is 4.79 Å². The van der Waals surface area contributed by atoms with Crippen molar-refractivity contribution in [2.24, 2.45) is 0 Å². The predicted octanol–water partition coefficient (Wildman–Crippen LogP) is 2.24. The summed E-state index contributed by atoms with van der Waals surface area (Å²) in [6, 6.07) is 1.83. The van der Waals surface area contributed by atoms with Gasteiger partial charge in [0.05, 0.1) is 22.9 Å². The molecule has 2 aromatic rings. The first-order valence-electron chi connectivity index (χ1n) is 8.61. The minimum atomic E-state index is 0.0225. The first-order chi connectivity index (χ1) is 11.7. The Bertz CT molecular complexity index is 768. The molecule has 0 aromatic carbocycles. The van der Waals surface area contributed by atoms with E-state index in [0.717, 1.165) is 36.5 Å². The van der Waals surface area contributed by atoms with Gasteiger partial charge in [-0.1, -0.05) is 12.1 Å². The summed E-state index contributed by atoms with van der Waals surface area (Å²) in [5, 5.41) is 12.3. The Labute approximate surface area is 140 Å². The molecular weight excluding hydrogens is 306 g/mol. The van der Waals surface area contributed by atoms with Gasteiger partial charge in [-0.15, -0.1) is 0 Å². The average Bonchev–Trinajstić information content (AvgIpc) is 3.12. The van der Waals surface area contributed by atoms with E-state index in [0.29, 0.717) is 36.9 Å². The molecule has 7 nitrogen and oxygen atoms in total. The average molecular weight is 327 g/mol. The molecule has 2 aliphatic rings. The number of rotatable bonds is 4. The Balaban J connectivity index is 1.49. The van der Waals surface area contributed by atoms with Gasteiger partial charge < -0.3 is 9.42 Å². The molecule has 0 radical (unpaired) electrons. The zero-order valence-electron chi connectivity index (χ0n) is 14.0. The van der Waals surface area contributed by atoms with Gasteiger partial charge in [0.1, 0.15) is 0 Å². The maximum Gasteiger partial charge on any atom is 0.255 e. The summed E-state index contributed by atoms with van der Waals surface area (Å²) < 4.78 is 5.43. The fraction of sp³-hybridized carbons (Fsp3) is 0.588. The minimum Gasteiger partial charge on any atom is -0.339 e. The second kappa shape index (κ2) is 5.96. The summed E-state index contributed by atoms with van der Waals surface area (Å²) in [5.41, 5.74) is 2.18. The Morgan fingerprint density at radius 3 is 2.88 bits per heavy atom. The lowest BCUT2D eigenvalue weighted by Gasteiger charge is -2.17. The van der Waals surface area contributed by atoms with Gasteiger partial charge in [0.25, 0.3) is 5.91 Å². The van der Waals surface area contributed by atoms with Crippen molar-refractivity contribution in [3.05, 3.63) is 34.7 Å². The quantitative estimate of drug-likeness (QED) is 0.856. The Hall–Kier alpha value is -2.31. The van der Waals surface area contributed by atoms with Crippen molar-refractivity contribution in [1.82, 2.24) is 25.2 Å². The summed E-state index contributed by atoms with van der Waals surface area (Å²) in [7, 11) is 0. The van der Waals surface area contributed by atoms with E-state index < -0.39 is 0 Å². The van der Waals surface area contributed by atoms with Crippen LogP contribution in [0, 0.1) is 6.92 Å². The molecule has 126 valence electrons. The lowest BCUT2D eigenvalue weighted by molar-refractivity contribution is 0.0787. The number of hydrogen-bond donors (Lipinski definition) is 0. The monoisotopic (exact) mass is 327 g/mol. The van der Waals surface area contributed by atoms with Gasteiger partial charge in [0.15, 0.2) is 5.82 Å². The van der Waals surface area contributed by atoms with Gasteiger partial charge in [-0.05, 0) is 38.7 Å². The standard InChI is InChI=1S/C17H21N5O2/c1-3-14-13(8-10(2)19-20-14)17(23)22-7-6-12(9-22)16-18-15(21-24-16)11-4-5-11/h8,11-12H,3-7,9H2,1-2H3/t12-/m1/s1. The molecule has 0 unspecified atom stereocenters. The fourth-order valence-electron chi connectivity index (χ4n) is 3.20. The maximum absolute atomic E-state index is 12.9. The number of likely N-dealkylation sites (tertiary alicyclic amines) is 1. The summed E-state index contributed by atoms with van der Waals surface area (Å²) in [4.78, 5) is 19.3. The van der Waals surface area contributed by atoms with Gasteiger partial charge in [0.2, 0.25) is 5.89 Å². The van der Waals surface area contributed by atoms with Crippen molar-refractivity contribution >= 4 is 5.91 Å². The molecule has 0 spiro atoms. The number of hydrogen-bond acceptors (Lipinski definition) is 6. The zero-order chi connectivity index (χ0) is 16.7. The number of nitrogens with zero attached hydrogens (tertiary/aromatic N) is 5. The highest BCUT2D eigenvalue weighted by Gasteiger charge is 2.34. The van der Waals surface area contributed by atoms with E-state index in [1.807, 2.05) is 24.8 Å². The van der Waals surface area contributed by atoms with Crippen molar-refractivity contribution in [2.75, 3.05) is 13.1 Å². The Morgan fingerprint density at radius 1 is 1.29 bits per heavy atom. The molecule has 4 rings (SSSR count). The van der Waals surface area contributed by atoms with E-state index >= 15 is 0 Å². The highest BCUT2D eigenvalue weighted by atomic mass is 16.5. The van der Waals surface area contributed by atoms with Crippen molar-refractivity contribution in [2.45, 2.75) is 51.4 Å². The number of aryl methyl sites for hydroxylation is 2. The van der Waals surface area contributed by atoms with Crippen molar-refractivity contribution in [1.29, 1.82) is 0 Å². The Kier molecular flexibility index (Phi) is 3.78. The SMILES string of the molecule is CCc1nnc(C)cc1C(=O)N1CC[C@@H](c2nc(C3CC3)no2)C1. The summed E-state index contributed by atoms with van der Waals surface area (Å²) in [6.07, 6.45) is 3.86. The third kappa shape index (κ3) is 2.79. The van der Waals surface area contributed by atoms with Crippen LogP contribution in [0.15, 0.2) is 10.6 Å². The Morgan fingerprint density at radius 2 is 2.12 bits per heavy atom. The maximum atomic E-state index is 12.9. The number of aromatic nitrogens is 4. The molecule has 0 N–H and O–H groups in total. The van der Waals surface area contributed by atoms with Crippen LogP contribution in [-0.4, -0.2) is 44.2 Å². The molecule has 24 heavy (non-hydrogen) atoms. The van der Waals surface area contributed by atoms with Gasteiger partial charge >= 0.3 is 0 Å². The topological polar surface area (TPSA) is 85.0 Å². The molecule has 3 heterocycles. The molecular formula is C17H21N5O2. The van der Waals surface area contributed by atoms with Crippen molar-refractivity contribution in [3.8, 4) is 0 Å². The van der Waals surface area contributed by atoms with Crippen LogP contribution in [0.25, 0.3) is 0 Å². The van der Waals surface area contributed by atoms with E-state index in [1.165, 1.54) is 0 Å². The molecule has 1 saturated carbocycles. The molecule has 7 heteroatoms. The van der Waals surface area contributed by atoms with Crippen LogP contribution in [0.4, 0.5) is 0 Å². The molecule has 2 fully saturated rings. The van der Waals surface area contributed by atoms with Gasteiger partial charge in [-0.2, -0.15) is 15.2 Å². The van der Waals surface area contributed by atoms with E-state index in [9.17, 15) is 4.79 Å². The fourth-order valence-corrected chi connectivity index (χ4v) is 3.20. The molecule has 2 aromatic heterocycles. The third-order valence-corrected chi connectivity index (χ3v) is 4.78. The largest absolute Gasteiger partial charge is 0.339 e. The predicted molar refractivity (Wildman–Crippen MR) is 85.7 cm³/mol. The normalized spacial score (nSPS) is 20.6. The lowest BCUT2D eigenvalue weighted by Crippen LogP contribution is -2.30. The number of carbonyl (C=O) groups is 1. The van der Waals surface area contributed by atoms with Gasteiger partial charge in [-0.25, -0.2) is 0 Å². The number of carbonyl (C=O) groups excluding carboxylic acids is 1. The molecule has 1 saturated heterocycles. The molecule has 1 aliphatic carbocycles. The summed E-state index contributed by atoms with van der Waals surface area (Å²) in [6.45, 7) is 5.17. The second-order valence-corrected chi connectivity index (χ2v) is 6.70. The smallest absolute Gasteiger partial charge is 0.255 e. The van der Waals surface area contributed by atoms with Crippen LogP contribution in [0.1, 0.15) is 71.5 Å². The van der Waals surface area contributed by atoms with Crippen LogP contribution < -0.4 is 0 Å². The van der Waals surface area contributed by atoms with Crippen LogP contribution in [0.5, 0.6) is 0 Å². The number of amides is 1. The molecule has 1 amide bonds. The van der Waals surface area contributed by atoms with E-state index in [4.69, 9.17) is 4.52 Å². The molecule has 1 aliphatic heterocycles. The van der Waals surface area contributed by atoms with Crippen LogP contribution >= 0.6 is 0 Å². The third-order valence-electron chi connectivity index (χ3n) is 4.78. The van der Waals surface area contributed by atoms with Crippen LogP contribution in [0.3, 0.4) is 0 Å². The lowest BCUT2D eigenvalue weighted by atomic mass is 10.1. The first-order valence-corrected chi connectivity index (χ1v) is 8.61. The van der Waals surface area contributed by atoms with E-state index in [-0.39, 0.29) is 11.8 Å². The van der Waals surface area contributed by atoms with Crippen LogP contribution in [-0.2, 0) is 6.42 Å². The van der Waals surface area contributed by atoms with E-state index in [1.54, 1.807) is 0 Å².